The molecule has 9 heteroatoms. The summed E-state index contributed by atoms with van der Waals surface area (Å²) in [4.78, 5) is 18.5. The van der Waals surface area contributed by atoms with Crippen LogP contribution < -0.4 is 15.6 Å². The number of ether oxygens (including phenoxy) is 2. The number of aliphatic hydroxyl groups is 1. The average molecular weight is 569 g/mol. The molecule has 39 heavy (non-hydrogen) atoms. The molecule has 0 saturated carbocycles. The minimum Gasteiger partial charge on any atom is -0.494 e. The van der Waals surface area contributed by atoms with Gasteiger partial charge in [-0.2, -0.15) is 0 Å². The summed E-state index contributed by atoms with van der Waals surface area (Å²) in [6.07, 6.45) is 4.25. The Bertz CT molecular complexity index is 1320. The molecule has 1 heterocycles. The lowest BCUT2D eigenvalue weighted by Gasteiger charge is -2.27. The predicted octanol–water partition coefficient (Wildman–Crippen LogP) is 5.58. The van der Waals surface area contributed by atoms with Crippen molar-refractivity contribution >= 4 is 41.1 Å². The van der Waals surface area contributed by atoms with Crippen molar-refractivity contribution in [1.29, 1.82) is 0 Å². The van der Waals surface area contributed by atoms with Gasteiger partial charge in [-0.25, -0.2) is 10.4 Å². The third kappa shape index (κ3) is 7.40. The van der Waals surface area contributed by atoms with Crippen molar-refractivity contribution in [2.24, 2.45) is 4.99 Å². The predicted molar refractivity (Wildman–Crippen MR) is 155 cm³/mol. The molecule has 0 aromatic heterocycles. The molecule has 204 valence electrons. The summed E-state index contributed by atoms with van der Waals surface area (Å²) in [6, 6.07) is 22.4. The van der Waals surface area contributed by atoms with Crippen molar-refractivity contribution in [2.75, 3.05) is 13.2 Å². The molecule has 0 aliphatic carbocycles. The summed E-state index contributed by atoms with van der Waals surface area (Å²) >= 11 is 12.3. The Morgan fingerprint density at radius 1 is 1.13 bits per heavy atom. The largest absolute Gasteiger partial charge is 0.494 e. The second-order valence-corrected chi connectivity index (χ2v) is 9.96. The number of nitrogens with one attached hydrogen (secondary N) is 2. The molecule has 1 amide bonds. The fraction of sp³-hybridized carbons (Fsp3) is 0.267. The van der Waals surface area contributed by atoms with E-state index in [1.807, 2.05) is 73.7 Å². The first-order valence-electron chi connectivity index (χ1n) is 12.7. The number of aliphatic imine (C=N–C) groups is 1. The number of carbonyl (C=O) groups is 1. The number of rotatable bonds is 12. The molecule has 3 N–H and O–H groups in total. The molecule has 3 aromatic carbocycles. The van der Waals surface area contributed by atoms with Crippen molar-refractivity contribution in [3.8, 4) is 5.75 Å². The van der Waals surface area contributed by atoms with Crippen LogP contribution in [0, 0.1) is 0 Å². The van der Waals surface area contributed by atoms with Crippen LogP contribution >= 0.6 is 23.2 Å². The van der Waals surface area contributed by atoms with Gasteiger partial charge in [-0.3, -0.25) is 10.2 Å². The average Bonchev–Trinajstić information content (AvgIpc) is 3.28. The van der Waals surface area contributed by atoms with Gasteiger partial charge in [0.05, 0.1) is 6.61 Å². The highest BCUT2D eigenvalue weighted by Gasteiger charge is 2.49. The molecule has 2 atom stereocenters. The third-order valence-electron chi connectivity index (χ3n) is 6.36. The van der Waals surface area contributed by atoms with Crippen molar-refractivity contribution in [3.05, 3.63) is 106 Å². The highest BCUT2D eigenvalue weighted by molar-refractivity contribution is 6.35. The van der Waals surface area contributed by atoms with Crippen LogP contribution in [-0.4, -0.2) is 41.8 Å². The van der Waals surface area contributed by atoms with Crippen LogP contribution in [0.15, 0.2) is 83.9 Å². The van der Waals surface area contributed by atoms with Gasteiger partial charge in [0.1, 0.15) is 11.9 Å². The topological polar surface area (TPSA) is 92.2 Å². The van der Waals surface area contributed by atoms with Gasteiger partial charge in [-0.15, -0.1) is 0 Å². The Kier molecular flexibility index (Phi) is 10.0. The zero-order chi connectivity index (χ0) is 27.7. The molecular weight excluding hydrogens is 537 g/mol. The van der Waals surface area contributed by atoms with E-state index >= 15 is 0 Å². The Labute approximate surface area is 238 Å². The van der Waals surface area contributed by atoms with E-state index < -0.39 is 11.6 Å². The van der Waals surface area contributed by atoms with E-state index in [9.17, 15) is 4.79 Å². The Morgan fingerprint density at radius 3 is 2.62 bits per heavy atom. The van der Waals surface area contributed by atoms with Gasteiger partial charge in [-0.1, -0.05) is 71.8 Å². The van der Waals surface area contributed by atoms with Crippen LogP contribution in [0.3, 0.4) is 0 Å². The lowest BCUT2D eigenvalue weighted by molar-refractivity contribution is -0.129. The minimum absolute atomic E-state index is 0.0745. The van der Waals surface area contributed by atoms with Gasteiger partial charge < -0.3 is 14.6 Å². The lowest BCUT2D eigenvalue weighted by Crippen LogP contribution is -2.54. The van der Waals surface area contributed by atoms with Crippen LogP contribution in [0.5, 0.6) is 5.75 Å². The summed E-state index contributed by atoms with van der Waals surface area (Å²) < 4.78 is 11.8. The van der Waals surface area contributed by atoms with Crippen LogP contribution in [0.4, 0.5) is 0 Å². The maximum Gasteiger partial charge on any atom is 0.266 e. The number of carbonyl (C=O) groups excluding carboxylic acids is 1. The van der Waals surface area contributed by atoms with Gasteiger partial charge in [0, 0.05) is 41.6 Å². The van der Waals surface area contributed by atoms with Crippen LogP contribution in [0.25, 0.3) is 6.08 Å². The van der Waals surface area contributed by atoms with E-state index in [0.29, 0.717) is 47.7 Å². The van der Waals surface area contributed by atoms with Gasteiger partial charge in [0.15, 0.2) is 5.54 Å². The monoisotopic (exact) mass is 567 g/mol. The fourth-order valence-corrected chi connectivity index (χ4v) is 4.59. The maximum atomic E-state index is 13.6. The van der Waals surface area contributed by atoms with Crippen molar-refractivity contribution < 1.29 is 19.4 Å². The maximum absolute atomic E-state index is 13.6. The smallest absolute Gasteiger partial charge is 0.266 e. The Hall–Kier alpha value is -3.36. The van der Waals surface area contributed by atoms with Gasteiger partial charge in [0.2, 0.25) is 5.90 Å². The van der Waals surface area contributed by atoms with Crippen LogP contribution in [0.2, 0.25) is 10.0 Å². The summed E-state index contributed by atoms with van der Waals surface area (Å²) in [6.45, 7) is 2.65. The third-order valence-corrected chi connectivity index (χ3v) is 6.95. The van der Waals surface area contributed by atoms with Gasteiger partial charge in [0.25, 0.3) is 5.91 Å². The van der Waals surface area contributed by atoms with Crippen molar-refractivity contribution in [3.63, 3.8) is 0 Å². The van der Waals surface area contributed by atoms with Crippen molar-refractivity contribution in [1.82, 2.24) is 10.9 Å². The normalized spacial score (nSPS) is 18.6. The molecule has 3 aromatic rings. The molecular formula is C30H31Cl2N3O4. The van der Waals surface area contributed by atoms with E-state index in [1.165, 1.54) is 0 Å². The number of aliphatic hydroxyl groups excluding tert-OH is 1. The number of hydrogen-bond acceptors (Lipinski definition) is 6. The molecule has 1 aliphatic rings. The molecule has 4 rings (SSSR count). The molecule has 0 unspecified atom stereocenters. The number of hydrazine groups is 1. The summed E-state index contributed by atoms with van der Waals surface area (Å²) in [7, 11) is 0. The minimum atomic E-state index is -1.20. The number of hydrogen-bond donors (Lipinski definition) is 3. The SMILES string of the molecule is C[C@@H]1OC(c2ccc(OCCCO)cc2)=N[C@]1(C/C=C/c1ccccc1)C(=O)NNCc1ccc(Cl)cc1Cl. The van der Waals surface area contributed by atoms with Crippen LogP contribution in [0.1, 0.15) is 36.5 Å². The van der Waals surface area contributed by atoms with Crippen LogP contribution in [-0.2, 0) is 16.1 Å². The fourth-order valence-electron chi connectivity index (χ4n) is 4.12. The molecule has 1 aliphatic heterocycles. The van der Waals surface area contributed by atoms with E-state index in [4.69, 9.17) is 42.8 Å². The molecule has 7 nitrogen and oxygen atoms in total. The summed E-state index contributed by atoms with van der Waals surface area (Å²) in [5.74, 6) is 0.740. The second kappa shape index (κ2) is 13.6. The van der Waals surface area contributed by atoms with Gasteiger partial charge >= 0.3 is 0 Å². The summed E-state index contributed by atoms with van der Waals surface area (Å²) in [5, 5.41) is 9.99. The number of amides is 1. The van der Waals surface area contributed by atoms with Gasteiger partial charge in [-0.05, 0) is 54.4 Å². The molecule has 0 spiro atoms. The number of halogens is 2. The molecule has 0 bridgehead atoms. The van der Waals surface area contributed by atoms with E-state index in [1.54, 1.807) is 18.2 Å². The lowest BCUT2D eigenvalue weighted by atomic mass is 9.89. The zero-order valence-electron chi connectivity index (χ0n) is 21.6. The highest BCUT2D eigenvalue weighted by atomic mass is 35.5. The van der Waals surface area contributed by atoms with E-state index in [0.717, 1.165) is 16.7 Å². The first-order chi connectivity index (χ1) is 18.9. The molecule has 0 saturated heterocycles. The number of benzene rings is 3. The Balaban J connectivity index is 1.53. The Morgan fingerprint density at radius 2 is 1.90 bits per heavy atom. The summed E-state index contributed by atoms with van der Waals surface area (Å²) in [5.41, 5.74) is 7.12. The second-order valence-electron chi connectivity index (χ2n) is 9.11. The highest BCUT2D eigenvalue weighted by Crippen LogP contribution is 2.33. The number of nitrogens with zero attached hydrogens (tertiary/aromatic N) is 1. The van der Waals surface area contributed by atoms with Crippen molar-refractivity contribution in [2.45, 2.75) is 38.0 Å². The molecule has 0 radical (unpaired) electrons. The molecule has 0 fully saturated rings. The quantitative estimate of drug-likeness (QED) is 0.196. The first-order valence-corrected chi connectivity index (χ1v) is 13.5. The van der Waals surface area contributed by atoms with E-state index in [-0.39, 0.29) is 12.5 Å². The first kappa shape index (κ1) is 28.6. The van der Waals surface area contributed by atoms with E-state index in [2.05, 4.69) is 10.9 Å². The standard InChI is InChI=1S/C30H31Cl2N3O4/c1-21-30(16-5-9-22-7-3-2-4-8-22,29(37)35-33-20-24-10-13-25(31)19-27(24)32)34-28(39-21)23-11-14-26(15-12-23)38-18-6-17-36/h2-5,7-15,19,21,33,36H,6,16-18,20H2,1H3,(H,35,37)/b9-5+/t21-,30-/m0/s1. The zero-order valence-corrected chi connectivity index (χ0v) is 23.1.